The van der Waals surface area contributed by atoms with Crippen molar-refractivity contribution in [3.8, 4) is 0 Å². The molecule has 1 aromatic heterocycles. The molecule has 1 aliphatic heterocycles. The Kier molecular flexibility index (Phi) is 4.40. The predicted molar refractivity (Wildman–Crippen MR) is 76.1 cm³/mol. The second-order valence-corrected chi connectivity index (χ2v) is 6.63. The third-order valence-corrected chi connectivity index (χ3v) is 5.10. The summed E-state index contributed by atoms with van der Waals surface area (Å²) in [7, 11) is 2.14. The Labute approximate surface area is 118 Å². The third-order valence-electron chi connectivity index (χ3n) is 4.08. The van der Waals surface area contributed by atoms with E-state index in [1.165, 1.54) is 31.4 Å². The van der Waals surface area contributed by atoms with Crippen LogP contribution in [-0.2, 0) is 6.54 Å². The highest BCUT2D eigenvalue weighted by molar-refractivity contribution is 7.99. The molecule has 2 heterocycles. The summed E-state index contributed by atoms with van der Waals surface area (Å²) in [6, 6.07) is 0.950. The number of rotatable bonds is 4. The Morgan fingerprint density at radius 3 is 3.05 bits per heavy atom. The maximum atomic E-state index is 5.37. The highest BCUT2D eigenvalue weighted by atomic mass is 32.2. The standard InChI is InChI=1S/C13H22N4OS/c1-17-6-7-19-9-11(17)13-15-12(18-16-13)8-14-10-4-2-3-5-10/h10-11,14H,2-9H2,1H3. The van der Waals surface area contributed by atoms with Crippen molar-refractivity contribution in [1.29, 1.82) is 0 Å². The van der Waals surface area contributed by atoms with E-state index in [0.29, 0.717) is 18.6 Å². The molecule has 6 heteroatoms. The van der Waals surface area contributed by atoms with Gasteiger partial charge in [-0.05, 0) is 19.9 Å². The molecule has 0 radical (unpaired) electrons. The molecular weight excluding hydrogens is 260 g/mol. The lowest BCUT2D eigenvalue weighted by molar-refractivity contribution is 0.256. The van der Waals surface area contributed by atoms with Gasteiger partial charge in [0.25, 0.3) is 0 Å². The van der Waals surface area contributed by atoms with Gasteiger partial charge in [-0.25, -0.2) is 0 Å². The van der Waals surface area contributed by atoms with Crippen LogP contribution in [0.4, 0.5) is 0 Å². The van der Waals surface area contributed by atoms with Crippen molar-refractivity contribution in [2.45, 2.75) is 44.3 Å². The van der Waals surface area contributed by atoms with Gasteiger partial charge in [0, 0.05) is 24.1 Å². The number of hydrogen-bond acceptors (Lipinski definition) is 6. The van der Waals surface area contributed by atoms with Gasteiger partial charge in [0.15, 0.2) is 5.82 Å². The van der Waals surface area contributed by atoms with Crippen molar-refractivity contribution in [3.63, 3.8) is 0 Å². The SMILES string of the molecule is CN1CCSCC1c1noc(CNC2CCCC2)n1. The largest absolute Gasteiger partial charge is 0.338 e. The Balaban J connectivity index is 1.56. The molecule has 1 N–H and O–H groups in total. The highest BCUT2D eigenvalue weighted by Gasteiger charge is 2.26. The number of thioether (sulfide) groups is 1. The average molecular weight is 282 g/mol. The van der Waals surface area contributed by atoms with E-state index in [0.717, 1.165) is 24.0 Å². The molecule has 1 unspecified atom stereocenters. The van der Waals surface area contributed by atoms with Crippen LogP contribution in [0.3, 0.4) is 0 Å². The maximum absolute atomic E-state index is 5.37. The Morgan fingerprint density at radius 2 is 2.26 bits per heavy atom. The van der Waals surface area contributed by atoms with E-state index in [1.54, 1.807) is 0 Å². The molecule has 2 aliphatic rings. The van der Waals surface area contributed by atoms with E-state index in [9.17, 15) is 0 Å². The van der Waals surface area contributed by atoms with E-state index >= 15 is 0 Å². The van der Waals surface area contributed by atoms with Crippen LogP contribution >= 0.6 is 11.8 Å². The summed E-state index contributed by atoms with van der Waals surface area (Å²) in [5, 5.41) is 7.66. The quantitative estimate of drug-likeness (QED) is 0.909. The minimum Gasteiger partial charge on any atom is -0.338 e. The summed E-state index contributed by atoms with van der Waals surface area (Å²) >= 11 is 1.97. The van der Waals surface area contributed by atoms with Crippen molar-refractivity contribution >= 4 is 11.8 Å². The van der Waals surface area contributed by atoms with E-state index in [4.69, 9.17) is 4.52 Å². The molecule has 1 atom stereocenters. The molecule has 0 spiro atoms. The van der Waals surface area contributed by atoms with Crippen LogP contribution in [0.1, 0.15) is 43.4 Å². The molecule has 0 aromatic carbocycles. The lowest BCUT2D eigenvalue weighted by Gasteiger charge is -2.29. The van der Waals surface area contributed by atoms with Crippen LogP contribution in [0, 0.1) is 0 Å². The van der Waals surface area contributed by atoms with E-state index < -0.39 is 0 Å². The van der Waals surface area contributed by atoms with Gasteiger partial charge in [-0.3, -0.25) is 4.90 Å². The summed E-state index contributed by atoms with van der Waals surface area (Å²) in [6.07, 6.45) is 5.25. The first kappa shape index (κ1) is 13.4. The fraction of sp³-hybridized carbons (Fsp3) is 0.846. The van der Waals surface area contributed by atoms with Crippen molar-refractivity contribution in [2.75, 3.05) is 25.1 Å². The van der Waals surface area contributed by atoms with Gasteiger partial charge < -0.3 is 9.84 Å². The predicted octanol–water partition coefficient (Wildman–Crippen LogP) is 1.82. The minimum atomic E-state index is 0.308. The zero-order chi connectivity index (χ0) is 13.1. The van der Waals surface area contributed by atoms with Crippen LogP contribution in [0.5, 0.6) is 0 Å². The molecule has 1 saturated carbocycles. The summed E-state index contributed by atoms with van der Waals surface area (Å²) in [5.74, 6) is 3.83. The molecule has 3 rings (SSSR count). The van der Waals surface area contributed by atoms with E-state index in [-0.39, 0.29) is 0 Å². The van der Waals surface area contributed by atoms with E-state index in [1.807, 2.05) is 11.8 Å². The Bertz CT molecular complexity index is 405. The molecule has 0 bridgehead atoms. The zero-order valence-corrected chi connectivity index (χ0v) is 12.3. The topological polar surface area (TPSA) is 54.2 Å². The first-order valence-electron chi connectivity index (χ1n) is 7.17. The fourth-order valence-corrected chi connectivity index (χ4v) is 4.01. The summed E-state index contributed by atoms with van der Waals surface area (Å²) in [4.78, 5) is 6.87. The normalized spacial score (nSPS) is 26.1. The summed E-state index contributed by atoms with van der Waals surface area (Å²) in [5.41, 5.74) is 0. The average Bonchev–Trinajstić information content (AvgIpc) is 3.08. The highest BCUT2D eigenvalue weighted by Crippen LogP contribution is 2.26. The smallest absolute Gasteiger partial charge is 0.240 e. The lowest BCUT2D eigenvalue weighted by atomic mass is 10.2. The first-order chi connectivity index (χ1) is 9.33. The van der Waals surface area contributed by atoms with Gasteiger partial charge >= 0.3 is 0 Å². The van der Waals surface area contributed by atoms with Crippen LogP contribution in [0.2, 0.25) is 0 Å². The number of nitrogens with zero attached hydrogens (tertiary/aromatic N) is 3. The second-order valence-electron chi connectivity index (χ2n) is 5.48. The number of hydrogen-bond donors (Lipinski definition) is 1. The molecule has 1 aliphatic carbocycles. The van der Waals surface area contributed by atoms with Crippen LogP contribution in [-0.4, -0.2) is 46.2 Å². The first-order valence-corrected chi connectivity index (χ1v) is 8.32. The van der Waals surface area contributed by atoms with Crippen LogP contribution in [0.25, 0.3) is 0 Å². The van der Waals surface area contributed by atoms with Gasteiger partial charge in [-0.1, -0.05) is 18.0 Å². The number of nitrogens with one attached hydrogen (secondary N) is 1. The molecule has 5 nitrogen and oxygen atoms in total. The van der Waals surface area contributed by atoms with Crippen LogP contribution in [0.15, 0.2) is 4.52 Å². The molecule has 1 saturated heterocycles. The van der Waals surface area contributed by atoms with Crippen molar-refractivity contribution in [1.82, 2.24) is 20.4 Å². The third kappa shape index (κ3) is 3.30. The van der Waals surface area contributed by atoms with Crippen LogP contribution < -0.4 is 5.32 Å². The molecule has 0 amide bonds. The minimum absolute atomic E-state index is 0.308. The molecule has 19 heavy (non-hydrogen) atoms. The number of aromatic nitrogens is 2. The maximum Gasteiger partial charge on any atom is 0.240 e. The van der Waals surface area contributed by atoms with Gasteiger partial charge in [-0.15, -0.1) is 0 Å². The fourth-order valence-electron chi connectivity index (χ4n) is 2.80. The molecular formula is C13H22N4OS. The van der Waals surface area contributed by atoms with Gasteiger partial charge in [-0.2, -0.15) is 16.7 Å². The summed E-state index contributed by atoms with van der Waals surface area (Å²) < 4.78 is 5.37. The molecule has 2 fully saturated rings. The molecule has 1 aromatic rings. The Morgan fingerprint density at radius 1 is 1.42 bits per heavy atom. The lowest BCUT2D eigenvalue weighted by Crippen LogP contribution is -2.33. The van der Waals surface area contributed by atoms with Gasteiger partial charge in [0.05, 0.1) is 12.6 Å². The summed E-state index contributed by atoms with van der Waals surface area (Å²) in [6.45, 7) is 1.81. The second kappa shape index (κ2) is 6.24. The zero-order valence-electron chi connectivity index (χ0n) is 11.5. The Hall–Kier alpha value is -0.590. The van der Waals surface area contributed by atoms with Crippen molar-refractivity contribution in [3.05, 3.63) is 11.7 Å². The molecule has 106 valence electrons. The van der Waals surface area contributed by atoms with Gasteiger partial charge in [0.2, 0.25) is 5.89 Å². The van der Waals surface area contributed by atoms with Crippen molar-refractivity contribution in [2.24, 2.45) is 0 Å². The van der Waals surface area contributed by atoms with Crippen molar-refractivity contribution < 1.29 is 4.52 Å². The van der Waals surface area contributed by atoms with Gasteiger partial charge in [0.1, 0.15) is 0 Å². The monoisotopic (exact) mass is 282 g/mol. The van der Waals surface area contributed by atoms with E-state index in [2.05, 4.69) is 27.4 Å².